The molecule has 2 atom stereocenters. The molecule has 0 spiro atoms. The standard InChI is InChI=1S/C12H14O3/c1-8-5-3-4-6-10(8)15-11-7-9(13)12(11)14-2/h3-6,11-12H,7H2,1-2H3. The highest BCUT2D eigenvalue weighted by Crippen LogP contribution is 2.26. The molecule has 1 aromatic rings. The van der Waals surface area contributed by atoms with E-state index in [1.165, 1.54) is 7.11 Å². The molecule has 1 aliphatic carbocycles. The lowest BCUT2D eigenvalue weighted by molar-refractivity contribution is -0.151. The molecule has 0 heterocycles. The van der Waals surface area contributed by atoms with Crippen LogP contribution in [0.15, 0.2) is 24.3 Å². The molecular formula is C12H14O3. The van der Waals surface area contributed by atoms with E-state index in [1.807, 2.05) is 31.2 Å². The van der Waals surface area contributed by atoms with Gasteiger partial charge in [-0.2, -0.15) is 0 Å². The van der Waals surface area contributed by atoms with Gasteiger partial charge in [-0.1, -0.05) is 18.2 Å². The molecule has 1 aromatic carbocycles. The van der Waals surface area contributed by atoms with Crippen LogP contribution >= 0.6 is 0 Å². The van der Waals surface area contributed by atoms with Crippen molar-refractivity contribution >= 4 is 5.78 Å². The molecule has 0 aliphatic heterocycles. The van der Waals surface area contributed by atoms with Crippen LogP contribution < -0.4 is 4.74 Å². The molecule has 0 aromatic heterocycles. The summed E-state index contributed by atoms with van der Waals surface area (Å²) in [7, 11) is 1.54. The third-order valence-electron chi connectivity index (χ3n) is 2.68. The van der Waals surface area contributed by atoms with Crippen molar-refractivity contribution in [3.8, 4) is 5.75 Å². The highest BCUT2D eigenvalue weighted by Gasteiger charge is 2.42. The van der Waals surface area contributed by atoms with Crippen LogP contribution in [0.3, 0.4) is 0 Å². The number of hydrogen-bond acceptors (Lipinski definition) is 3. The van der Waals surface area contributed by atoms with E-state index in [0.717, 1.165) is 11.3 Å². The maximum Gasteiger partial charge on any atom is 0.169 e. The number of carbonyl (C=O) groups excluding carboxylic acids is 1. The predicted molar refractivity (Wildman–Crippen MR) is 56.0 cm³/mol. The summed E-state index contributed by atoms with van der Waals surface area (Å²) in [6, 6.07) is 7.77. The molecular weight excluding hydrogens is 192 g/mol. The molecule has 1 fully saturated rings. The van der Waals surface area contributed by atoms with Gasteiger partial charge in [-0.15, -0.1) is 0 Å². The first-order valence-corrected chi connectivity index (χ1v) is 5.00. The summed E-state index contributed by atoms with van der Waals surface area (Å²) >= 11 is 0. The highest BCUT2D eigenvalue weighted by atomic mass is 16.5. The molecule has 0 amide bonds. The van der Waals surface area contributed by atoms with E-state index in [-0.39, 0.29) is 18.0 Å². The van der Waals surface area contributed by atoms with Gasteiger partial charge in [-0.05, 0) is 18.6 Å². The lowest BCUT2D eigenvalue weighted by Crippen LogP contribution is -2.51. The molecule has 2 rings (SSSR count). The van der Waals surface area contributed by atoms with Gasteiger partial charge in [-0.25, -0.2) is 0 Å². The summed E-state index contributed by atoms with van der Waals surface area (Å²) in [5.74, 6) is 0.952. The van der Waals surface area contributed by atoms with Gasteiger partial charge in [0.2, 0.25) is 0 Å². The minimum Gasteiger partial charge on any atom is -0.486 e. The summed E-state index contributed by atoms with van der Waals surface area (Å²) in [5.41, 5.74) is 1.08. The lowest BCUT2D eigenvalue weighted by atomic mass is 9.90. The molecule has 3 nitrogen and oxygen atoms in total. The van der Waals surface area contributed by atoms with E-state index in [1.54, 1.807) is 0 Å². The maximum absolute atomic E-state index is 11.1. The van der Waals surface area contributed by atoms with Crippen LogP contribution in [0.1, 0.15) is 12.0 Å². The number of aryl methyl sites for hydroxylation is 1. The van der Waals surface area contributed by atoms with Crippen molar-refractivity contribution in [2.75, 3.05) is 7.11 Å². The van der Waals surface area contributed by atoms with Crippen LogP contribution in [0.25, 0.3) is 0 Å². The van der Waals surface area contributed by atoms with E-state index in [0.29, 0.717) is 6.42 Å². The van der Waals surface area contributed by atoms with Crippen molar-refractivity contribution in [1.29, 1.82) is 0 Å². The van der Waals surface area contributed by atoms with Crippen molar-refractivity contribution in [1.82, 2.24) is 0 Å². The molecule has 0 saturated heterocycles. The van der Waals surface area contributed by atoms with Crippen LogP contribution in [0.5, 0.6) is 5.75 Å². The van der Waals surface area contributed by atoms with Gasteiger partial charge in [0.1, 0.15) is 11.9 Å². The fourth-order valence-corrected chi connectivity index (χ4v) is 1.71. The van der Waals surface area contributed by atoms with Crippen molar-refractivity contribution in [3.63, 3.8) is 0 Å². The van der Waals surface area contributed by atoms with Crippen molar-refractivity contribution in [2.24, 2.45) is 0 Å². The van der Waals surface area contributed by atoms with Gasteiger partial charge in [0.25, 0.3) is 0 Å². The molecule has 1 aliphatic rings. The Morgan fingerprint density at radius 1 is 1.33 bits per heavy atom. The van der Waals surface area contributed by atoms with Crippen molar-refractivity contribution < 1.29 is 14.3 Å². The van der Waals surface area contributed by atoms with E-state index in [9.17, 15) is 4.79 Å². The van der Waals surface area contributed by atoms with Crippen LogP contribution in [0.2, 0.25) is 0 Å². The predicted octanol–water partition coefficient (Wildman–Crippen LogP) is 1.73. The van der Waals surface area contributed by atoms with E-state index >= 15 is 0 Å². The van der Waals surface area contributed by atoms with Crippen molar-refractivity contribution in [3.05, 3.63) is 29.8 Å². The molecule has 3 heteroatoms. The molecule has 80 valence electrons. The first-order valence-electron chi connectivity index (χ1n) is 5.00. The normalized spacial score (nSPS) is 24.8. The Balaban J connectivity index is 2.04. The zero-order valence-electron chi connectivity index (χ0n) is 8.90. The van der Waals surface area contributed by atoms with Crippen LogP contribution in [-0.4, -0.2) is 25.1 Å². The Morgan fingerprint density at radius 2 is 2.07 bits per heavy atom. The van der Waals surface area contributed by atoms with Crippen molar-refractivity contribution in [2.45, 2.75) is 25.6 Å². The quantitative estimate of drug-likeness (QED) is 0.755. The second-order valence-electron chi connectivity index (χ2n) is 3.75. The number of carbonyl (C=O) groups is 1. The summed E-state index contributed by atoms with van der Waals surface area (Å²) < 4.78 is 10.8. The third kappa shape index (κ3) is 1.88. The fraction of sp³-hybridized carbons (Fsp3) is 0.417. The Labute approximate surface area is 89.0 Å². The highest BCUT2D eigenvalue weighted by molar-refractivity contribution is 5.90. The number of ether oxygens (including phenoxy) is 2. The molecule has 0 radical (unpaired) electrons. The monoisotopic (exact) mass is 206 g/mol. The van der Waals surface area contributed by atoms with Gasteiger partial charge < -0.3 is 9.47 Å². The Kier molecular flexibility index (Phi) is 2.73. The number of para-hydroxylation sites is 1. The smallest absolute Gasteiger partial charge is 0.169 e. The number of hydrogen-bond donors (Lipinski definition) is 0. The van der Waals surface area contributed by atoms with E-state index in [4.69, 9.17) is 9.47 Å². The van der Waals surface area contributed by atoms with E-state index in [2.05, 4.69) is 0 Å². The van der Waals surface area contributed by atoms with Gasteiger partial charge in [0, 0.05) is 13.5 Å². The Morgan fingerprint density at radius 3 is 2.67 bits per heavy atom. The molecule has 2 unspecified atom stereocenters. The second kappa shape index (κ2) is 4.03. The van der Waals surface area contributed by atoms with E-state index < -0.39 is 0 Å². The van der Waals surface area contributed by atoms with Crippen LogP contribution in [0.4, 0.5) is 0 Å². The topological polar surface area (TPSA) is 35.5 Å². The molecule has 15 heavy (non-hydrogen) atoms. The Hall–Kier alpha value is -1.35. The SMILES string of the molecule is COC1C(=O)CC1Oc1ccccc1C. The summed E-state index contributed by atoms with van der Waals surface area (Å²) in [5, 5.41) is 0. The summed E-state index contributed by atoms with van der Waals surface area (Å²) in [4.78, 5) is 11.1. The minimum atomic E-state index is -0.385. The largest absolute Gasteiger partial charge is 0.486 e. The van der Waals surface area contributed by atoms with Crippen LogP contribution in [0, 0.1) is 6.92 Å². The molecule has 0 bridgehead atoms. The zero-order chi connectivity index (χ0) is 10.8. The summed E-state index contributed by atoms with van der Waals surface area (Å²) in [6.45, 7) is 1.98. The van der Waals surface area contributed by atoms with Gasteiger partial charge >= 0.3 is 0 Å². The fourth-order valence-electron chi connectivity index (χ4n) is 1.71. The van der Waals surface area contributed by atoms with Gasteiger partial charge in [0.15, 0.2) is 11.9 Å². The number of benzene rings is 1. The lowest BCUT2D eigenvalue weighted by Gasteiger charge is -2.33. The number of methoxy groups -OCH3 is 1. The average molecular weight is 206 g/mol. The average Bonchev–Trinajstić information content (AvgIpc) is 2.20. The first kappa shape index (κ1) is 10.2. The maximum atomic E-state index is 11.1. The summed E-state index contributed by atoms with van der Waals surface area (Å²) in [6.07, 6.45) is -0.0551. The number of rotatable bonds is 3. The minimum absolute atomic E-state index is 0.121. The van der Waals surface area contributed by atoms with Gasteiger partial charge in [-0.3, -0.25) is 4.79 Å². The molecule has 1 saturated carbocycles. The number of Topliss-reactive ketones (excluding diaryl/α,β-unsaturated/α-hetero) is 1. The van der Waals surface area contributed by atoms with Crippen LogP contribution in [-0.2, 0) is 9.53 Å². The second-order valence-corrected chi connectivity index (χ2v) is 3.75. The van der Waals surface area contributed by atoms with Gasteiger partial charge in [0.05, 0.1) is 0 Å². The molecule has 0 N–H and O–H groups in total. The first-order chi connectivity index (χ1) is 7.22. The zero-order valence-corrected chi connectivity index (χ0v) is 8.90. The Bertz CT molecular complexity index is 373. The number of ketones is 1. The third-order valence-corrected chi connectivity index (χ3v) is 2.68.